The second kappa shape index (κ2) is 17.0. The number of aromatic nitrogens is 2. The Bertz CT molecular complexity index is 2530. The van der Waals surface area contributed by atoms with Crippen LogP contribution in [0.3, 0.4) is 0 Å². The first-order chi connectivity index (χ1) is 29.5. The van der Waals surface area contributed by atoms with Crippen LogP contribution in [0.2, 0.25) is 0 Å². The first-order valence-corrected chi connectivity index (χ1v) is 22.4. The summed E-state index contributed by atoms with van der Waals surface area (Å²) in [6.45, 7) is 12.3. The number of piperidine rings is 2. The lowest BCUT2D eigenvalue weighted by atomic mass is 9.95. The van der Waals surface area contributed by atoms with Crippen LogP contribution in [0.25, 0.3) is 0 Å². The maximum atomic E-state index is 15.6. The highest BCUT2D eigenvalue weighted by atomic mass is 32.2. The standard InChI is InChI=1S/C44H51FN10O6S/c1-27-25-46-43(50-39(27)47-29-6-5-7-31(22-29)51-62(60,61)44(2,3)4)48-30-8-11-36(35(45)23-30)54-20-18-52(19-21-54)26-28-14-16-53(17-15-28)32-9-10-33-34(24-32)42(59)55(41(33)58)37-12-13-38(56)49-40(37)57/h5-11,22-25,28,37,51H,12-21,26H2,1-4H3,(H,49,56,57)(H2,46,47,48,50). The molecule has 326 valence electrons. The summed E-state index contributed by atoms with van der Waals surface area (Å²) in [4.78, 5) is 67.3. The van der Waals surface area contributed by atoms with Gasteiger partial charge in [0.1, 0.15) is 17.7 Å². The van der Waals surface area contributed by atoms with Crippen LogP contribution in [0.5, 0.6) is 0 Å². The number of carbonyl (C=O) groups excluding carboxylic acids is 4. The molecule has 1 aromatic heterocycles. The number of carbonyl (C=O) groups is 4. The molecule has 16 nitrogen and oxygen atoms in total. The number of nitrogens with zero attached hydrogens (tertiary/aromatic N) is 6. The Morgan fingerprint density at radius 2 is 1.52 bits per heavy atom. The van der Waals surface area contributed by atoms with E-state index in [2.05, 4.69) is 45.3 Å². The van der Waals surface area contributed by atoms with Crippen LogP contribution in [0, 0.1) is 18.7 Å². The van der Waals surface area contributed by atoms with Gasteiger partial charge in [-0.3, -0.25) is 39.0 Å². The molecule has 1 atom stereocenters. The van der Waals surface area contributed by atoms with E-state index in [0.29, 0.717) is 47.6 Å². The Hall–Kier alpha value is -6.14. The van der Waals surface area contributed by atoms with Crippen molar-refractivity contribution in [1.29, 1.82) is 0 Å². The lowest BCUT2D eigenvalue weighted by Gasteiger charge is -2.40. The molecule has 4 amide bonds. The fourth-order valence-electron chi connectivity index (χ4n) is 8.27. The summed E-state index contributed by atoms with van der Waals surface area (Å²) in [6.07, 6.45) is 3.78. The highest BCUT2D eigenvalue weighted by Gasteiger charge is 2.45. The fraction of sp³-hybridized carbons (Fsp3) is 0.409. The summed E-state index contributed by atoms with van der Waals surface area (Å²) in [6, 6.07) is 16.2. The van der Waals surface area contributed by atoms with E-state index in [1.165, 1.54) is 6.07 Å². The summed E-state index contributed by atoms with van der Waals surface area (Å²) < 4.78 is 42.6. The zero-order chi connectivity index (χ0) is 43.9. The van der Waals surface area contributed by atoms with Gasteiger partial charge in [0.15, 0.2) is 0 Å². The van der Waals surface area contributed by atoms with Crippen LogP contribution in [-0.4, -0.2) is 108 Å². The minimum absolute atomic E-state index is 0.0769. The molecular formula is C44H51FN10O6S. The molecule has 3 fully saturated rings. The summed E-state index contributed by atoms with van der Waals surface area (Å²) in [5.41, 5.74) is 4.27. The van der Waals surface area contributed by atoms with Gasteiger partial charge in [0, 0.05) is 81.1 Å². The Morgan fingerprint density at radius 3 is 2.23 bits per heavy atom. The van der Waals surface area contributed by atoms with Crippen molar-refractivity contribution < 1.29 is 32.0 Å². The van der Waals surface area contributed by atoms with E-state index in [1.54, 1.807) is 69.4 Å². The SMILES string of the molecule is Cc1cnc(Nc2ccc(N3CCN(CC4CCN(c5ccc6c(c5)C(=O)N(C5CCC(=O)NC5=O)C6=O)CC4)CC3)c(F)c2)nc1Nc1cccc(NS(=O)(=O)C(C)(C)C)c1. The van der Waals surface area contributed by atoms with Crippen molar-refractivity contribution in [1.82, 2.24) is 25.1 Å². The van der Waals surface area contributed by atoms with Crippen LogP contribution in [0.15, 0.2) is 66.9 Å². The largest absolute Gasteiger partial charge is 0.371 e. The van der Waals surface area contributed by atoms with E-state index in [9.17, 15) is 27.6 Å². The maximum Gasteiger partial charge on any atom is 0.262 e. The molecule has 5 heterocycles. The van der Waals surface area contributed by atoms with Crippen LogP contribution < -0.4 is 30.5 Å². The molecule has 4 aliphatic heterocycles. The third-order valence-electron chi connectivity index (χ3n) is 12.0. The monoisotopic (exact) mass is 866 g/mol. The first kappa shape index (κ1) is 42.5. The summed E-state index contributed by atoms with van der Waals surface area (Å²) in [5.74, 6) is -1.12. The molecule has 3 saturated heterocycles. The predicted octanol–water partition coefficient (Wildman–Crippen LogP) is 5.39. The van der Waals surface area contributed by atoms with Crippen molar-refractivity contribution in [3.05, 3.63) is 89.4 Å². The van der Waals surface area contributed by atoms with Crippen LogP contribution in [0.4, 0.5) is 44.6 Å². The molecule has 4 aromatic rings. The molecule has 0 radical (unpaired) electrons. The number of hydrogen-bond donors (Lipinski definition) is 4. The third-order valence-corrected chi connectivity index (χ3v) is 14.1. The van der Waals surface area contributed by atoms with Gasteiger partial charge >= 0.3 is 0 Å². The first-order valence-electron chi connectivity index (χ1n) is 20.9. The van der Waals surface area contributed by atoms with Crippen LogP contribution >= 0.6 is 0 Å². The van der Waals surface area contributed by atoms with Crippen molar-refractivity contribution in [2.45, 2.75) is 64.2 Å². The highest BCUT2D eigenvalue weighted by Crippen LogP contribution is 2.33. The van der Waals surface area contributed by atoms with Gasteiger partial charge in [-0.05, 0) is 107 Å². The summed E-state index contributed by atoms with van der Waals surface area (Å²) in [7, 11) is -3.61. The average Bonchev–Trinajstić information content (AvgIpc) is 3.47. The number of imide groups is 2. The number of nitrogens with one attached hydrogen (secondary N) is 4. The van der Waals surface area contributed by atoms with Crippen molar-refractivity contribution in [2.24, 2.45) is 5.92 Å². The van der Waals surface area contributed by atoms with Gasteiger partial charge in [0.25, 0.3) is 11.8 Å². The number of amides is 4. The minimum atomic E-state index is -3.61. The van der Waals surface area contributed by atoms with Crippen LogP contribution in [-0.2, 0) is 19.6 Å². The zero-order valence-corrected chi connectivity index (χ0v) is 36.0. The second-order valence-electron chi connectivity index (χ2n) is 17.3. The molecule has 0 spiro atoms. The molecule has 0 saturated carbocycles. The molecule has 1 unspecified atom stereocenters. The van der Waals surface area contributed by atoms with Crippen LogP contribution in [0.1, 0.15) is 72.7 Å². The number of aryl methyl sites for hydroxylation is 1. The van der Waals surface area contributed by atoms with E-state index < -0.39 is 44.4 Å². The highest BCUT2D eigenvalue weighted by molar-refractivity contribution is 7.94. The maximum absolute atomic E-state index is 15.6. The summed E-state index contributed by atoms with van der Waals surface area (Å²) in [5, 5.41) is 8.58. The third kappa shape index (κ3) is 8.92. The Labute approximate surface area is 360 Å². The van der Waals surface area contributed by atoms with Crippen molar-refractivity contribution in [3.8, 4) is 0 Å². The molecular weight excluding hydrogens is 816 g/mol. The molecule has 62 heavy (non-hydrogen) atoms. The van der Waals surface area contributed by atoms with Crippen molar-refractivity contribution >= 4 is 73.9 Å². The molecule has 4 N–H and O–H groups in total. The number of sulfonamides is 1. The molecule has 3 aromatic carbocycles. The van der Waals surface area contributed by atoms with E-state index >= 15 is 4.39 Å². The molecule has 0 aliphatic carbocycles. The van der Waals surface area contributed by atoms with E-state index in [1.807, 2.05) is 19.1 Å². The molecule has 4 aliphatic rings. The van der Waals surface area contributed by atoms with Gasteiger partial charge in [-0.15, -0.1) is 0 Å². The zero-order valence-electron chi connectivity index (χ0n) is 35.2. The number of anilines is 7. The number of hydrogen-bond acceptors (Lipinski definition) is 13. The Morgan fingerprint density at radius 1 is 0.806 bits per heavy atom. The summed E-state index contributed by atoms with van der Waals surface area (Å²) >= 11 is 0. The van der Waals surface area contributed by atoms with Gasteiger partial charge in [-0.1, -0.05) is 6.07 Å². The molecule has 8 rings (SSSR count). The number of rotatable bonds is 11. The van der Waals surface area contributed by atoms with Gasteiger partial charge in [-0.2, -0.15) is 4.98 Å². The fourth-order valence-corrected chi connectivity index (χ4v) is 9.01. The van der Waals surface area contributed by atoms with Gasteiger partial charge in [0.2, 0.25) is 27.8 Å². The van der Waals surface area contributed by atoms with Gasteiger partial charge in [-0.25, -0.2) is 17.8 Å². The minimum Gasteiger partial charge on any atom is -0.371 e. The van der Waals surface area contributed by atoms with E-state index in [-0.39, 0.29) is 35.7 Å². The topological polar surface area (TPSA) is 189 Å². The predicted molar refractivity (Wildman–Crippen MR) is 235 cm³/mol. The average molecular weight is 867 g/mol. The van der Waals surface area contributed by atoms with Crippen molar-refractivity contribution in [2.75, 3.05) is 71.0 Å². The quantitative estimate of drug-likeness (QED) is 0.141. The normalized spacial score (nSPS) is 19.1. The van der Waals surface area contributed by atoms with Gasteiger partial charge < -0.3 is 20.4 Å². The number of halogens is 1. The van der Waals surface area contributed by atoms with E-state index in [4.69, 9.17) is 0 Å². The second-order valence-corrected chi connectivity index (χ2v) is 19.8. The van der Waals surface area contributed by atoms with Gasteiger partial charge in [0.05, 0.1) is 27.2 Å². The number of piperazine rings is 1. The van der Waals surface area contributed by atoms with E-state index in [0.717, 1.165) is 61.7 Å². The Kier molecular flexibility index (Phi) is 11.6. The smallest absolute Gasteiger partial charge is 0.262 e. The lowest BCUT2D eigenvalue weighted by molar-refractivity contribution is -0.136. The Balaban J connectivity index is 0.811. The molecule has 0 bridgehead atoms. The molecule has 18 heteroatoms. The number of benzene rings is 3. The number of fused-ring (bicyclic) bond motifs is 1. The lowest BCUT2D eigenvalue weighted by Crippen LogP contribution is -2.54. The van der Waals surface area contributed by atoms with Crippen molar-refractivity contribution in [3.63, 3.8) is 0 Å².